The number of carbonyl (C=O) groups excluding carboxylic acids is 2. The van der Waals surface area contributed by atoms with E-state index < -0.39 is 5.41 Å². The Kier molecular flexibility index (Phi) is 2.61. The Hall–Kier alpha value is -1.91. The second-order valence-electron chi connectivity index (χ2n) is 4.43. The number of amides is 2. The number of hydrogen-bond donors (Lipinski definition) is 1. The molecule has 1 saturated carbocycles. The molecule has 0 bridgehead atoms. The Morgan fingerprint density at radius 3 is 2.41 bits per heavy atom. The number of rotatable bonds is 3. The molecule has 0 unspecified atom stereocenters. The molecule has 2 rings (SSSR count). The zero-order valence-corrected chi connectivity index (χ0v) is 9.93. The topological polar surface area (TPSA) is 76.3 Å². The van der Waals surface area contributed by atoms with Crippen molar-refractivity contribution in [2.75, 3.05) is 11.9 Å². The van der Waals surface area contributed by atoms with Crippen molar-refractivity contribution in [1.29, 1.82) is 0 Å². The number of primary amides is 1. The Bertz CT molecular complexity index is 463. The zero-order valence-electron chi connectivity index (χ0n) is 9.93. The van der Waals surface area contributed by atoms with Gasteiger partial charge in [-0.3, -0.25) is 9.59 Å². The van der Waals surface area contributed by atoms with E-state index in [9.17, 15) is 9.59 Å². The van der Waals surface area contributed by atoms with Gasteiger partial charge >= 0.3 is 0 Å². The zero-order chi connectivity index (χ0) is 12.6. The lowest BCUT2D eigenvalue weighted by atomic mass is 9.97. The Morgan fingerprint density at radius 1 is 1.41 bits per heavy atom. The molecule has 1 fully saturated rings. The molecule has 5 nitrogen and oxygen atoms in total. The van der Waals surface area contributed by atoms with Crippen LogP contribution in [0.4, 0.5) is 5.82 Å². The van der Waals surface area contributed by atoms with Crippen LogP contribution >= 0.6 is 0 Å². The van der Waals surface area contributed by atoms with Crippen LogP contribution < -0.4 is 10.6 Å². The first-order valence-electron chi connectivity index (χ1n) is 5.48. The number of hydrogen-bond acceptors (Lipinski definition) is 3. The first-order chi connectivity index (χ1) is 7.97. The van der Waals surface area contributed by atoms with E-state index in [1.165, 1.54) is 11.8 Å². The van der Waals surface area contributed by atoms with Gasteiger partial charge in [0.05, 0.1) is 5.41 Å². The average Bonchev–Trinajstić information content (AvgIpc) is 3.09. The minimum atomic E-state index is -0.514. The first kappa shape index (κ1) is 11.6. The fourth-order valence-electron chi connectivity index (χ4n) is 1.83. The first-order valence-corrected chi connectivity index (χ1v) is 5.48. The molecule has 0 atom stereocenters. The summed E-state index contributed by atoms with van der Waals surface area (Å²) in [6.45, 7) is 1.47. The van der Waals surface area contributed by atoms with E-state index in [0.717, 1.165) is 18.4 Å². The minimum Gasteiger partial charge on any atom is -0.369 e. The molecule has 0 spiro atoms. The molecule has 5 heteroatoms. The number of anilines is 1. The predicted molar refractivity (Wildman–Crippen MR) is 63.4 cm³/mol. The van der Waals surface area contributed by atoms with E-state index in [1.54, 1.807) is 19.3 Å². The van der Waals surface area contributed by atoms with Gasteiger partial charge in [-0.05, 0) is 24.5 Å². The van der Waals surface area contributed by atoms with Crippen LogP contribution in [0.1, 0.15) is 25.3 Å². The van der Waals surface area contributed by atoms with Crippen LogP contribution in [0.3, 0.4) is 0 Å². The summed E-state index contributed by atoms with van der Waals surface area (Å²) in [5.41, 5.74) is 5.70. The van der Waals surface area contributed by atoms with Crippen molar-refractivity contribution in [3.63, 3.8) is 0 Å². The van der Waals surface area contributed by atoms with Gasteiger partial charge in [0.2, 0.25) is 11.8 Å². The van der Waals surface area contributed by atoms with Crippen LogP contribution in [0.25, 0.3) is 0 Å². The molecule has 2 N–H and O–H groups in total. The highest BCUT2D eigenvalue weighted by Crippen LogP contribution is 2.47. The Balaban J connectivity index is 2.25. The smallest absolute Gasteiger partial charge is 0.228 e. The number of carbonyl (C=O) groups is 2. The van der Waals surface area contributed by atoms with E-state index in [4.69, 9.17) is 5.73 Å². The van der Waals surface area contributed by atoms with Crippen LogP contribution in [-0.4, -0.2) is 23.8 Å². The third-order valence-electron chi connectivity index (χ3n) is 3.34. The summed E-state index contributed by atoms with van der Waals surface area (Å²) in [5, 5.41) is 0. The van der Waals surface area contributed by atoms with E-state index in [-0.39, 0.29) is 11.8 Å². The van der Waals surface area contributed by atoms with E-state index in [1.807, 2.05) is 6.07 Å². The van der Waals surface area contributed by atoms with Crippen LogP contribution in [-0.2, 0) is 15.0 Å². The van der Waals surface area contributed by atoms with E-state index >= 15 is 0 Å². The second-order valence-corrected chi connectivity index (χ2v) is 4.43. The lowest BCUT2D eigenvalue weighted by Gasteiger charge is -2.15. The quantitative estimate of drug-likeness (QED) is 0.829. The highest BCUT2D eigenvalue weighted by Gasteiger charge is 2.50. The minimum absolute atomic E-state index is 0.0821. The summed E-state index contributed by atoms with van der Waals surface area (Å²) in [6, 6.07) is 3.55. The summed E-state index contributed by atoms with van der Waals surface area (Å²) in [6.07, 6.45) is 3.20. The molecule has 2 amide bonds. The molecule has 0 radical (unpaired) electrons. The Labute approximate surface area is 99.6 Å². The van der Waals surface area contributed by atoms with Crippen LogP contribution in [0, 0.1) is 0 Å². The molecule has 1 aliphatic rings. The molecule has 90 valence electrons. The lowest BCUT2D eigenvalue weighted by Crippen LogP contribution is -2.29. The van der Waals surface area contributed by atoms with E-state index in [2.05, 4.69) is 4.98 Å². The molecule has 0 aromatic carbocycles. The number of nitrogens with two attached hydrogens (primary N) is 1. The van der Waals surface area contributed by atoms with Gasteiger partial charge in [0.1, 0.15) is 5.82 Å². The van der Waals surface area contributed by atoms with Crippen molar-refractivity contribution in [3.8, 4) is 0 Å². The van der Waals surface area contributed by atoms with Crippen molar-refractivity contribution < 1.29 is 9.59 Å². The van der Waals surface area contributed by atoms with Gasteiger partial charge < -0.3 is 10.6 Å². The summed E-state index contributed by atoms with van der Waals surface area (Å²) in [7, 11) is 1.66. The molecular weight excluding hydrogens is 218 g/mol. The molecule has 0 aliphatic heterocycles. The normalized spacial score (nSPS) is 16.4. The summed E-state index contributed by atoms with van der Waals surface area (Å²) >= 11 is 0. The maximum absolute atomic E-state index is 11.3. The van der Waals surface area contributed by atoms with Crippen molar-refractivity contribution >= 4 is 17.6 Å². The van der Waals surface area contributed by atoms with Crippen molar-refractivity contribution in [2.45, 2.75) is 25.2 Å². The second kappa shape index (κ2) is 3.84. The third-order valence-corrected chi connectivity index (χ3v) is 3.34. The molecule has 1 aromatic heterocycles. The maximum Gasteiger partial charge on any atom is 0.228 e. The molecule has 1 aromatic rings. The van der Waals surface area contributed by atoms with Gasteiger partial charge in [0, 0.05) is 20.2 Å². The third kappa shape index (κ3) is 1.88. The highest BCUT2D eigenvalue weighted by atomic mass is 16.2. The monoisotopic (exact) mass is 233 g/mol. The largest absolute Gasteiger partial charge is 0.369 e. The van der Waals surface area contributed by atoms with Gasteiger partial charge in [-0.15, -0.1) is 0 Å². The molecule has 17 heavy (non-hydrogen) atoms. The van der Waals surface area contributed by atoms with Gasteiger partial charge in [-0.2, -0.15) is 0 Å². The number of nitrogens with zero attached hydrogens (tertiary/aromatic N) is 2. The molecule has 1 aliphatic carbocycles. The fourth-order valence-corrected chi connectivity index (χ4v) is 1.83. The van der Waals surface area contributed by atoms with Crippen molar-refractivity contribution in [3.05, 3.63) is 23.9 Å². The predicted octanol–water partition coefficient (Wildman–Crippen LogP) is 0.581. The van der Waals surface area contributed by atoms with Gasteiger partial charge in [-0.25, -0.2) is 4.98 Å². The number of aromatic nitrogens is 1. The molecule has 0 saturated heterocycles. The van der Waals surface area contributed by atoms with Crippen LogP contribution in [0.2, 0.25) is 0 Å². The number of pyridine rings is 1. The lowest BCUT2D eigenvalue weighted by molar-refractivity contribution is -0.120. The van der Waals surface area contributed by atoms with Gasteiger partial charge in [-0.1, -0.05) is 6.07 Å². The summed E-state index contributed by atoms with van der Waals surface area (Å²) in [5.74, 6) is 0.190. The van der Waals surface area contributed by atoms with E-state index in [0.29, 0.717) is 5.82 Å². The molecule has 1 heterocycles. The standard InChI is InChI=1S/C12H15N3O2/c1-8(16)15(2)10-4-3-9(7-14-10)12(5-6-12)11(13)17/h3-4,7H,5-6H2,1-2H3,(H2,13,17). The van der Waals surface area contributed by atoms with Gasteiger partial charge in [0.15, 0.2) is 0 Å². The SMILES string of the molecule is CC(=O)N(C)c1ccc(C2(C(N)=O)CC2)cn1. The highest BCUT2D eigenvalue weighted by molar-refractivity contribution is 5.91. The van der Waals surface area contributed by atoms with Crippen molar-refractivity contribution in [1.82, 2.24) is 4.98 Å². The fraction of sp³-hybridized carbons (Fsp3) is 0.417. The summed E-state index contributed by atoms with van der Waals surface area (Å²) < 4.78 is 0. The summed E-state index contributed by atoms with van der Waals surface area (Å²) in [4.78, 5) is 28.1. The molecular formula is C12H15N3O2. The van der Waals surface area contributed by atoms with Crippen LogP contribution in [0.15, 0.2) is 18.3 Å². The van der Waals surface area contributed by atoms with Crippen molar-refractivity contribution in [2.24, 2.45) is 5.73 Å². The maximum atomic E-state index is 11.3. The van der Waals surface area contributed by atoms with Crippen LogP contribution in [0.5, 0.6) is 0 Å². The average molecular weight is 233 g/mol. The van der Waals surface area contributed by atoms with Gasteiger partial charge in [0.25, 0.3) is 0 Å². The Morgan fingerprint density at radius 2 is 2.06 bits per heavy atom.